The van der Waals surface area contributed by atoms with E-state index in [0.29, 0.717) is 22.4 Å². The molecule has 3 nitrogen and oxygen atoms in total. The van der Waals surface area contributed by atoms with Gasteiger partial charge in [0.1, 0.15) is 6.10 Å². The molecule has 1 aromatic heterocycles. The van der Waals surface area contributed by atoms with E-state index in [1.54, 1.807) is 17.5 Å². The van der Waals surface area contributed by atoms with Crippen molar-refractivity contribution in [1.82, 2.24) is 0 Å². The van der Waals surface area contributed by atoms with E-state index in [0.717, 1.165) is 19.1 Å². The Kier molecular flexibility index (Phi) is 3.31. The van der Waals surface area contributed by atoms with Crippen LogP contribution in [0.3, 0.4) is 0 Å². The standard InChI is InChI=1S/C12H12O3S/c13-6-8-5-11(16-7-8)12(15)9-3-1-2-4-10(9)14/h3,5-7,12,15H,1-2,4H2. The van der Waals surface area contributed by atoms with Gasteiger partial charge in [-0.1, -0.05) is 6.08 Å². The van der Waals surface area contributed by atoms with Crippen molar-refractivity contribution in [1.29, 1.82) is 0 Å². The molecule has 84 valence electrons. The lowest BCUT2D eigenvalue weighted by atomic mass is 9.93. The second-order valence-corrected chi connectivity index (χ2v) is 4.72. The van der Waals surface area contributed by atoms with E-state index >= 15 is 0 Å². The first-order valence-electron chi connectivity index (χ1n) is 5.17. The van der Waals surface area contributed by atoms with E-state index in [9.17, 15) is 14.7 Å². The Balaban J connectivity index is 2.23. The predicted molar refractivity (Wildman–Crippen MR) is 61.6 cm³/mol. The second-order valence-electron chi connectivity index (χ2n) is 3.78. The van der Waals surface area contributed by atoms with Crippen LogP contribution in [0.1, 0.15) is 40.6 Å². The van der Waals surface area contributed by atoms with Gasteiger partial charge in [-0.25, -0.2) is 0 Å². The molecule has 4 heteroatoms. The fourth-order valence-corrected chi connectivity index (χ4v) is 2.63. The van der Waals surface area contributed by atoms with Gasteiger partial charge in [-0.05, 0) is 18.9 Å². The lowest BCUT2D eigenvalue weighted by Crippen LogP contribution is -2.13. The molecule has 0 aromatic carbocycles. The molecule has 1 N–H and O–H groups in total. The number of rotatable bonds is 3. The maximum absolute atomic E-state index is 11.6. The van der Waals surface area contributed by atoms with Crippen molar-refractivity contribution < 1.29 is 14.7 Å². The fraction of sp³-hybridized carbons (Fsp3) is 0.333. The number of carbonyl (C=O) groups excluding carboxylic acids is 2. The highest BCUT2D eigenvalue weighted by atomic mass is 32.1. The summed E-state index contributed by atoms with van der Waals surface area (Å²) in [6, 6.07) is 1.63. The number of hydrogen-bond donors (Lipinski definition) is 1. The third-order valence-electron chi connectivity index (χ3n) is 2.63. The smallest absolute Gasteiger partial charge is 0.161 e. The van der Waals surface area contributed by atoms with Gasteiger partial charge in [0.05, 0.1) is 0 Å². The second kappa shape index (κ2) is 4.72. The maximum Gasteiger partial charge on any atom is 0.161 e. The van der Waals surface area contributed by atoms with Crippen LogP contribution in [-0.2, 0) is 4.79 Å². The molecule has 1 atom stereocenters. The zero-order valence-electron chi connectivity index (χ0n) is 8.68. The van der Waals surface area contributed by atoms with Gasteiger partial charge in [0.25, 0.3) is 0 Å². The average Bonchev–Trinajstić information content (AvgIpc) is 2.77. The van der Waals surface area contributed by atoms with E-state index in [-0.39, 0.29) is 5.78 Å². The van der Waals surface area contributed by atoms with Crippen LogP contribution in [0.15, 0.2) is 23.1 Å². The molecule has 0 amide bonds. The minimum atomic E-state index is -0.869. The van der Waals surface area contributed by atoms with Crippen LogP contribution in [0.25, 0.3) is 0 Å². The summed E-state index contributed by atoms with van der Waals surface area (Å²) in [4.78, 5) is 22.8. The largest absolute Gasteiger partial charge is 0.383 e. The molecular formula is C12H12O3S. The number of aldehydes is 1. The van der Waals surface area contributed by atoms with Crippen molar-refractivity contribution in [2.75, 3.05) is 0 Å². The molecule has 1 aromatic rings. The summed E-state index contributed by atoms with van der Waals surface area (Å²) in [7, 11) is 0. The minimum Gasteiger partial charge on any atom is -0.383 e. The normalized spacial score (nSPS) is 18.1. The molecule has 1 aliphatic rings. The number of aliphatic hydroxyl groups is 1. The van der Waals surface area contributed by atoms with Crippen molar-refractivity contribution in [3.8, 4) is 0 Å². The topological polar surface area (TPSA) is 54.4 Å². The summed E-state index contributed by atoms with van der Waals surface area (Å²) < 4.78 is 0. The number of Topliss-reactive ketones (excluding diaryl/α,β-unsaturated/α-hetero) is 1. The molecule has 0 spiro atoms. The lowest BCUT2D eigenvalue weighted by Gasteiger charge is -2.16. The van der Waals surface area contributed by atoms with Crippen molar-refractivity contribution in [3.05, 3.63) is 33.5 Å². The zero-order valence-corrected chi connectivity index (χ0v) is 9.50. The van der Waals surface area contributed by atoms with Gasteiger partial charge in [-0.2, -0.15) is 0 Å². The SMILES string of the molecule is O=Cc1csc(C(O)C2=CCCCC2=O)c1. The summed E-state index contributed by atoms with van der Waals surface area (Å²) >= 11 is 1.30. The Bertz CT molecular complexity index is 445. The van der Waals surface area contributed by atoms with Crippen LogP contribution in [-0.4, -0.2) is 17.2 Å². The Morgan fingerprint density at radius 2 is 2.31 bits per heavy atom. The highest BCUT2D eigenvalue weighted by molar-refractivity contribution is 7.10. The summed E-state index contributed by atoms with van der Waals surface area (Å²) in [5.74, 6) is 0.0137. The average molecular weight is 236 g/mol. The fourth-order valence-electron chi connectivity index (χ4n) is 1.77. The molecule has 16 heavy (non-hydrogen) atoms. The zero-order chi connectivity index (χ0) is 11.5. The van der Waals surface area contributed by atoms with E-state index < -0.39 is 6.10 Å². The molecule has 1 aliphatic carbocycles. The summed E-state index contributed by atoms with van der Waals surface area (Å²) in [5, 5.41) is 11.7. The summed E-state index contributed by atoms with van der Waals surface area (Å²) in [5.41, 5.74) is 1.02. The number of aliphatic hydroxyl groups excluding tert-OH is 1. The van der Waals surface area contributed by atoms with Crippen LogP contribution in [0.2, 0.25) is 0 Å². The summed E-state index contributed by atoms with van der Waals surface area (Å²) in [6.07, 6.45) is 3.88. The van der Waals surface area contributed by atoms with Gasteiger partial charge >= 0.3 is 0 Å². The van der Waals surface area contributed by atoms with Crippen LogP contribution >= 0.6 is 11.3 Å². The molecule has 1 heterocycles. The highest BCUT2D eigenvalue weighted by Gasteiger charge is 2.23. The first kappa shape index (κ1) is 11.2. The van der Waals surface area contributed by atoms with Crippen LogP contribution < -0.4 is 0 Å². The lowest BCUT2D eigenvalue weighted by molar-refractivity contribution is -0.117. The third-order valence-corrected chi connectivity index (χ3v) is 3.64. The molecule has 0 saturated heterocycles. The molecule has 0 aliphatic heterocycles. The van der Waals surface area contributed by atoms with Crippen molar-refractivity contribution >= 4 is 23.4 Å². The van der Waals surface area contributed by atoms with Gasteiger partial charge in [-0.15, -0.1) is 11.3 Å². The van der Waals surface area contributed by atoms with Gasteiger partial charge in [-0.3, -0.25) is 9.59 Å². The van der Waals surface area contributed by atoms with Gasteiger partial charge < -0.3 is 5.11 Å². The highest BCUT2D eigenvalue weighted by Crippen LogP contribution is 2.30. The number of thiophene rings is 1. The Labute approximate surface area is 97.4 Å². The molecule has 0 radical (unpaired) electrons. The van der Waals surface area contributed by atoms with Crippen molar-refractivity contribution in [2.45, 2.75) is 25.4 Å². The molecule has 0 saturated carbocycles. The van der Waals surface area contributed by atoms with E-state index in [1.807, 2.05) is 0 Å². The first-order valence-corrected chi connectivity index (χ1v) is 6.05. The number of carbonyl (C=O) groups is 2. The maximum atomic E-state index is 11.6. The number of allylic oxidation sites excluding steroid dienone is 1. The van der Waals surface area contributed by atoms with Gasteiger partial charge in [0.2, 0.25) is 0 Å². The quantitative estimate of drug-likeness (QED) is 0.819. The first-order chi connectivity index (χ1) is 7.72. The molecular weight excluding hydrogens is 224 g/mol. The Morgan fingerprint density at radius 3 is 2.94 bits per heavy atom. The Morgan fingerprint density at radius 1 is 1.50 bits per heavy atom. The number of ketones is 1. The molecule has 1 unspecified atom stereocenters. The third kappa shape index (κ3) is 2.13. The summed E-state index contributed by atoms with van der Waals surface area (Å²) in [6.45, 7) is 0. The molecule has 0 bridgehead atoms. The van der Waals surface area contributed by atoms with Crippen LogP contribution in [0.4, 0.5) is 0 Å². The monoisotopic (exact) mass is 236 g/mol. The van der Waals surface area contributed by atoms with Crippen LogP contribution in [0, 0.1) is 0 Å². The van der Waals surface area contributed by atoms with E-state index in [4.69, 9.17) is 0 Å². The van der Waals surface area contributed by atoms with E-state index in [2.05, 4.69) is 0 Å². The van der Waals surface area contributed by atoms with Gasteiger partial charge in [0, 0.05) is 27.8 Å². The minimum absolute atomic E-state index is 0.0137. The van der Waals surface area contributed by atoms with Gasteiger partial charge in [0.15, 0.2) is 12.1 Å². The Hall–Kier alpha value is -1.26. The molecule has 0 fully saturated rings. The predicted octanol–water partition coefficient (Wildman–Crippen LogP) is 2.27. The van der Waals surface area contributed by atoms with Crippen molar-refractivity contribution in [3.63, 3.8) is 0 Å². The van der Waals surface area contributed by atoms with Crippen LogP contribution in [0.5, 0.6) is 0 Å². The van der Waals surface area contributed by atoms with Crippen molar-refractivity contribution in [2.24, 2.45) is 0 Å². The number of hydrogen-bond acceptors (Lipinski definition) is 4. The molecule has 2 rings (SSSR count). The van der Waals surface area contributed by atoms with E-state index in [1.165, 1.54) is 11.3 Å².